The number of nitrogens with one attached hydrogen (secondary N) is 1. The smallest absolute Gasteiger partial charge is 0.329 e. The molecule has 2 unspecified atom stereocenters. The van der Waals surface area contributed by atoms with Crippen LogP contribution in [0.4, 0.5) is 0 Å². The fourth-order valence-corrected chi connectivity index (χ4v) is 2.02. The number of rotatable bonds is 9. The Balaban J connectivity index is 4.44. The Hall–Kier alpha value is -1.10. The molecule has 0 fully saturated rings. The van der Waals surface area contributed by atoms with Gasteiger partial charge < -0.3 is 16.2 Å². The molecule has 1 amide bonds. The highest BCUT2D eigenvalue weighted by atomic mass is 16.4. The lowest BCUT2D eigenvalue weighted by atomic mass is 9.91. The summed E-state index contributed by atoms with van der Waals surface area (Å²) in [5.41, 5.74) is 4.53. The van der Waals surface area contributed by atoms with Gasteiger partial charge in [-0.1, -0.05) is 27.2 Å². The van der Waals surface area contributed by atoms with Crippen molar-refractivity contribution < 1.29 is 14.7 Å². The lowest BCUT2D eigenvalue weighted by molar-refractivity contribution is -0.148. The first kappa shape index (κ1) is 17.9. The molecule has 0 saturated carbocycles. The molecular weight excluding hydrogens is 244 g/mol. The normalized spacial score (nSPS) is 14.8. The van der Waals surface area contributed by atoms with Gasteiger partial charge >= 0.3 is 5.97 Å². The number of hydrogen-bond donors (Lipinski definition) is 3. The Morgan fingerprint density at radius 1 is 1.21 bits per heavy atom. The van der Waals surface area contributed by atoms with Gasteiger partial charge in [0.15, 0.2) is 0 Å². The number of carbonyl (C=O) groups excluding carboxylic acids is 1. The van der Waals surface area contributed by atoms with Gasteiger partial charge in [0.25, 0.3) is 0 Å². The minimum atomic E-state index is -1.13. The van der Waals surface area contributed by atoms with Crippen molar-refractivity contribution in [3.05, 3.63) is 0 Å². The van der Waals surface area contributed by atoms with E-state index < -0.39 is 11.5 Å². The Bertz CT molecular complexity index is 299. The molecule has 0 aromatic rings. The number of amides is 1. The van der Waals surface area contributed by atoms with Crippen molar-refractivity contribution in [2.75, 3.05) is 0 Å². The Kier molecular flexibility index (Phi) is 7.68. The maximum atomic E-state index is 12.1. The SMILES string of the molecule is CCC(CC)(NC(=O)C(C)CCCC(C)N)C(=O)O. The summed E-state index contributed by atoms with van der Waals surface area (Å²) in [4.78, 5) is 23.4. The second-order valence-corrected chi connectivity index (χ2v) is 5.39. The van der Waals surface area contributed by atoms with Crippen LogP contribution < -0.4 is 11.1 Å². The monoisotopic (exact) mass is 272 g/mol. The maximum Gasteiger partial charge on any atom is 0.329 e. The van der Waals surface area contributed by atoms with E-state index in [9.17, 15) is 14.7 Å². The van der Waals surface area contributed by atoms with Gasteiger partial charge in [-0.2, -0.15) is 0 Å². The van der Waals surface area contributed by atoms with E-state index in [1.165, 1.54) is 0 Å². The summed E-state index contributed by atoms with van der Waals surface area (Å²) in [7, 11) is 0. The van der Waals surface area contributed by atoms with E-state index in [-0.39, 0.29) is 17.9 Å². The van der Waals surface area contributed by atoms with Crippen LogP contribution in [0.2, 0.25) is 0 Å². The number of carboxylic acid groups (broad SMARTS) is 1. The van der Waals surface area contributed by atoms with Crippen molar-refractivity contribution in [3.8, 4) is 0 Å². The molecule has 4 N–H and O–H groups in total. The molecule has 0 heterocycles. The average Bonchev–Trinajstić information content (AvgIpc) is 2.34. The molecule has 0 radical (unpaired) electrons. The summed E-state index contributed by atoms with van der Waals surface area (Å²) in [5, 5.41) is 12.0. The highest BCUT2D eigenvalue weighted by Gasteiger charge is 2.37. The van der Waals surface area contributed by atoms with Crippen LogP contribution in [0.15, 0.2) is 0 Å². The first-order valence-corrected chi connectivity index (χ1v) is 7.10. The quantitative estimate of drug-likeness (QED) is 0.597. The summed E-state index contributed by atoms with van der Waals surface area (Å²) in [6.45, 7) is 7.32. The van der Waals surface area contributed by atoms with Crippen LogP contribution in [-0.2, 0) is 9.59 Å². The second kappa shape index (κ2) is 8.15. The summed E-state index contributed by atoms with van der Waals surface area (Å²) < 4.78 is 0. The molecule has 0 aliphatic carbocycles. The zero-order chi connectivity index (χ0) is 15.1. The van der Waals surface area contributed by atoms with Gasteiger partial charge in [0.05, 0.1) is 0 Å². The molecule has 0 bridgehead atoms. The van der Waals surface area contributed by atoms with Crippen molar-refractivity contribution in [1.82, 2.24) is 5.32 Å². The molecule has 5 nitrogen and oxygen atoms in total. The molecule has 0 rings (SSSR count). The van der Waals surface area contributed by atoms with E-state index in [1.54, 1.807) is 13.8 Å². The standard InChI is InChI=1S/C14H28N2O3/c1-5-14(6-2,13(18)19)16-12(17)10(3)8-7-9-11(4)15/h10-11H,5-9,15H2,1-4H3,(H,16,17)(H,18,19). The van der Waals surface area contributed by atoms with Crippen LogP contribution in [0.3, 0.4) is 0 Å². The summed E-state index contributed by atoms with van der Waals surface area (Å²) in [5.74, 6) is -1.33. The number of aliphatic carboxylic acids is 1. The number of carbonyl (C=O) groups is 2. The van der Waals surface area contributed by atoms with Crippen LogP contribution in [-0.4, -0.2) is 28.6 Å². The predicted octanol–water partition coefficient (Wildman–Crippen LogP) is 1.90. The molecule has 0 aliphatic rings. The summed E-state index contributed by atoms with van der Waals surface area (Å²) in [6, 6.07) is 0.139. The van der Waals surface area contributed by atoms with Crippen molar-refractivity contribution in [2.45, 2.75) is 71.4 Å². The zero-order valence-corrected chi connectivity index (χ0v) is 12.5. The predicted molar refractivity (Wildman–Crippen MR) is 75.8 cm³/mol. The third kappa shape index (κ3) is 5.59. The lowest BCUT2D eigenvalue weighted by Crippen LogP contribution is -2.55. The Labute approximate surface area is 115 Å². The van der Waals surface area contributed by atoms with Crippen molar-refractivity contribution in [2.24, 2.45) is 11.7 Å². The number of carboxylic acids is 1. The first-order valence-electron chi connectivity index (χ1n) is 7.10. The van der Waals surface area contributed by atoms with Gasteiger partial charge in [0, 0.05) is 12.0 Å². The lowest BCUT2D eigenvalue weighted by Gasteiger charge is -2.29. The Morgan fingerprint density at radius 3 is 2.11 bits per heavy atom. The van der Waals surface area contributed by atoms with E-state index >= 15 is 0 Å². The fraction of sp³-hybridized carbons (Fsp3) is 0.857. The molecule has 112 valence electrons. The minimum Gasteiger partial charge on any atom is -0.480 e. The minimum absolute atomic E-state index is 0.139. The van der Waals surface area contributed by atoms with Crippen molar-refractivity contribution >= 4 is 11.9 Å². The molecule has 2 atom stereocenters. The zero-order valence-electron chi connectivity index (χ0n) is 12.5. The fourth-order valence-electron chi connectivity index (χ4n) is 2.02. The number of nitrogens with two attached hydrogens (primary N) is 1. The van der Waals surface area contributed by atoms with Gasteiger partial charge in [-0.25, -0.2) is 4.79 Å². The molecule has 19 heavy (non-hydrogen) atoms. The summed E-state index contributed by atoms with van der Waals surface area (Å²) in [6.07, 6.45) is 3.26. The molecule has 0 saturated heterocycles. The highest BCUT2D eigenvalue weighted by molar-refractivity contribution is 5.87. The van der Waals surface area contributed by atoms with Crippen LogP contribution in [0.5, 0.6) is 0 Å². The van der Waals surface area contributed by atoms with Crippen LogP contribution in [0, 0.1) is 5.92 Å². The largest absolute Gasteiger partial charge is 0.480 e. The van der Waals surface area contributed by atoms with Gasteiger partial charge in [0.2, 0.25) is 5.91 Å². The molecule has 0 spiro atoms. The molecule has 0 aromatic carbocycles. The summed E-state index contributed by atoms with van der Waals surface area (Å²) >= 11 is 0. The van der Waals surface area contributed by atoms with Crippen molar-refractivity contribution in [1.29, 1.82) is 0 Å². The molecule has 5 heteroatoms. The molecule has 0 aliphatic heterocycles. The van der Waals surface area contributed by atoms with Crippen molar-refractivity contribution in [3.63, 3.8) is 0 Å². The average molecular weight is 272 g/mol. The maximum absolute atomic E-state index is 12.1. The van der Waals surface area contributed by atoms with Gasteiger partial charge in [0.1, 0.15) is 5.54 Å². The van der Waals surface area contributed by atoms with E-state index in [0.29, 0.717) is 12.8 Å². The third-order valence-corrected chi connectivity index (χ3v) is 3.72. The Morgan fingerprint density at radius 2 is 1.74 bits per heavy atom. The second-order valence-electron chi connectivity index (χ2n) is 5.39. The third-order valence-electron chi connectivity index (χ3n) is 3.72. The van der Waals surface area contributed by atoms with Crippen LogP contribution in [0.1, 0.15) is 59.8 Å². The molecular formula is C14H28N2O3. The van der Waals surface area contributed by atoms with Gasteiger partial charge in [-0.15, -0.1) is 0 Å². The van der Waals surface area contributed by atoms with E-state index in [2.05, 4.69) is 5.32 Å². The van der Waals surface area contributed by atoms with E-state index in [4.69, 9.17) is 5.73 Å². The number of hydrogen-bond acceptors (Lipinski definition) is 3. The van der Waals surface area contributed by atoms with Crippen LogP contribution >= 0.6 is 0 Å². The highest BCUT2D eigenvalue weighted by Crippen LogP contribution is 2.18. The molecule has 0 aromatic heterocycles. The van der Waals surface area contributed by atoms with E-state index in [0.717, 1.165) is 19.3 Å². The van der Waals surface area contributed by atoms with Gasteiger partial charge in [-0.3, -0.25) is 4.79 Å². The van der Waals surface area contributed by atoms with Gasteiger partial charge in [-0.05, 0) is 32.6 Å². The first-order chi connectivity index (χ1) is 8.79. The van der Waals surface area contributed by atoms with Crippen LogP contribution in [0.25, 0.3) is 0 Å². The van der Waals surface area contributed by atoms with E-state index in [1.807, 2.05) is 13.8 Å². The topological polar surface area (TPSA) is 92.4 Å².